The molecule has 3 aromatic rings. The SMILES string of the molecule is CN(CC(=O)N1CCc2ncncc2C1)Cc1ccc(-c2nc(NC3CCOCC3)ncc2Cl)cc1C=O. The molecule has 2 aromatic heterocycles. The van der Waals surface area contributed by atoms with E-state index in [2.05, 4.69) is 25.3 Å². The van der Waals surface area contributed by atoms with Crippen LogP contribution in [0, 0.1) is 0 Å². The van der Waals surface area contributed by atoms with Gasteiger partial charge in [-0.05, 0) is 31.5 Å². The predicted octanol–water partition coefficient (Wildman–Crippen LogP) is 3.01. The van der Waals surface area contributed by atoms with E-state index in [9.17, 15) is 9.59 Å². The molecule has 0 saturated carbocycles. The van der Waals surface area contributed by atoms with Gasteiger partial charge in [0, 0.05) is 68.2 Å². The number of aldehydes is 1. The minimum absolute atomic E-state index is 0.0311. The highest BCUT2D eigenvalue weighted by Crippen LogP contribution is 2.28. The first-order chi connectivity index (χ1) is 18.5. The lowest BCUT2D eigenvalue weighted by molar-refractivity contribution is -0.133. The summed E-state index contributed by atoms with van der Waals surface area (Å²) >= 11 is 6.44. The maximum Gasteiger partial charge on any atom is 0.237 e. The molecule has 1 saturated heterocycles. The number of hydrogen-bond donors (Lipinski definition) is 1. The molecule has 0 aliphatic carbocycles. The molecule has 11 heteroatoms. The number of carbonyl (C=O) groups excluding carboxylic acids is 2. The van der Waals surface area contributed by atoms with Crippen LogP contribution in [0.4, 0.5) is 5.95 Å². The van der Waals surface area contributed by atoms with E-state index in [0.29, 0.717) is 55.1 Å². The van der Waals surface area contributed by atoms with Crippen LogP contribution in [0.1, 0.15) is 40.0 Å². The quantitative estimate of drug-likeness (QED) is 0.435. The van der Waals surface area contributed by atoms with Gasteiger partial charge >= 0.3 is 0 Å². The number of halogens is 1. The average molecular weight is 536 g/mol. The zero-order valence-corrected chi connectivity index (χ0v) is 22.0. The van der Waals surface area contributed by atoms with Crippen LogP contribution in [-0.2, 0) is 29.0 Å². The Balaban J connectivity index is 1.25. The molecule has 0 bridgehead atoms. The highest BCUT2D eigenvalue weighted by Gasteiger charge is 2.23. The molecule has 198 valence electrons. The van der Waals surface area contributed by atoms with E-state index in [-0.39, 0.29) is 18.5 Å². The Morgan fingerprint density at radius 1 is 1.26 bits per heavy atom. The third-order valence-corrected chi connectivity index (χ3v) is 7.18. The molecule has 1 N–H and O–H groups in total. The first-order valence-corrected chi connectivity index (χ1v) is 13.1. The summed E-state index contributed by atoms with van der Waals surface area (Å²) in [4.78, 5) is 46.0. The number of anilines is 1. The van der Waals surface area contributed by atoms with Crippen LogP contribution in [0.25, 0.3) is 11.3 Å². The van der Waals surface area contributed by atoms with Gasteiger partial charge in [0.25, 0.3) is 0 Å². The van der Waals surface area contributed by atoms with Crippen molar-refractivity contribution in [1.29, 1.82) is 0 Å². The van der Waals surface area contributed by atoms with Crippen molar-refractivity contribution in [3.8, 4) is 11.3 Å². The number of benzene rings is 1. The summed E-state index contributed by atoms with van der Waals surface area (Å²) in [5.41, 5.74) is 4.63. The summed E-state index contributed by atoms with van der Waals surface area (Å²) in [5, 5.41) is 3.76. The number of fused-ring (bicyclic) bond motifs is 1. The summed E-state index contributed by atoms with van der Waals surface area (Å²) < 4.78 is 5.41. The molecule has 2 aliphatic rings. The highest BCUT2D eigenvalue weighted by atomic mass is 35.5. The fourth-order valence-electron chi connectivity index (χ4n) is 4.82. The average Bonchev–Trinajstić information content (AvgIpc) is 2.94. The van der Waals surface area contributed by atoms with Crippen LogP contribution in [0.5, 0.6) is 0 Å². The van der Waals surface area contributed by atoms with Crippen molar-refractivity contribution < 1.29 is 14.3 Å². The Kier molecular flexibility index (Phi) is 8.21. The van der Waals surface area contributed by atoms with Crippen molar-refractivity contribution in [3.63, 3.8) is 0 Å². The van der Waals surface area contributed by atoms with Crippen LogP contribution in [0.15, 0.2) is 36.9 Å². The first kappa shape index (κ1) is 26.1. The second-order valence-electron chi connectivity index (χ2n) is 9.68. The van der Waals surface area contributed by atoms with Gasteiger partial charge in [0.2, 0.25) is 11.9 Å². The molecule has 2 aliphatic heterocycles. The molecule has 4 heterocycles. The number of nitrogens with zero attached hydrogens (tertiary/aromatic N) is 6. The Labute approximate surface area is 226 Å². The van der Waals surface area contributed by atoms with E-state index in [0.717, 1.165) is 47.9 Å². The molecule has 1 amide bonds. The van der Waals surface area contributed by atoms with E-state index >= 15 is 0 Å². The minimum Gasteiger partial charge on any atom is -0.381 e. The van der Waals surface area contributed by atoms with Gasteiger partial charge in [0.1, 0.15) is 12.6 Å². The number of amides is 1. The van der Waals surface area contributed by atoms with Crippen LogP contribution < -0.4 is 5.32 Å². The monoisotopic (exact) mass is 535 g/mol. The van der Waals surface area contributed by atoms with Crippen molar-refractivity contribution in [1.82, 2.24) is 29.7 Å². The van der Waals surface area contributed by atoms with Gasteiger partial charge in [-0.3, -0.25) is 14.5 Å². The van der Waals surface area contributed by atoms with E-state index < -0.39 is 0 Å². The number of rotatable bonds is 8. The zero-order chi connectivity index (χ0) is 26.5. The number of aromatic nitrogens is 4. The lowest BCUT2D eigenvalue weighted by Gasteiger charge is -2.29. The minimum atomic E-state index is 0.0311. The fourth-order valence-corrected chi connectivity index (χ4v) is 5.02. The number of carbonyl (C=O) groups is 2. The van der Waals surface area contributed by atoms with Gasteiger partial charge in [-0.15, -0.1) is 0 Å². The second-order valence-corrected chi connectivity index (χ2v) is 10.1. The van der Waals surface area contributed by atoms with Gasteiger partial charge in [0.05, 0.1) is 29.2 Å². The molecular formula is C27H30ClN7O3. The van der Waals surface area contributed by atoms with Gasteiger partial charge in [0.15, 0.2) is 0 Å². The molecule has 0 spiro atoms. The maximum atomic E-state index is 12.9. The number of hydrogen-bond acceptors (Lipinski definition) is 9. The largest absolute Gasteiger partial charge is 0.381 e. The lowest BCUT2D eigenvalue weighted by Crippen LogP contribution is -2.41. The number of likely N-dealkylation sites (N-methyl/N-ethyl adjacent to an activating group) is 1. The van der Waals surface area contributed by atoms with Gasteiger partial charge in [-0.25, -0.2) is 19.9 Å². The summed E-state index contributed by atoms with van der Waals surface area (Å²) in [6.07, 6.45) is 8.22. The van der Waals surface area contributed by atoms with Gasteiger partial charge < -0.3 is 15.0 Å². The molecule has 38 heavy (non-hydrogen) atoms. The van der Waals surface area contributed by atoms with E-state index in [1.807, 2.05) is 29.0 Å². The Morgan fingerprint density at radius 3 is 2.92 bits per heavy atom. The number of ether oxygens (including phenoxy) is 1. The Morgan fingerprint density at radius 2 is 2.11 bits per heavy atom. The summed E-state index contributed by atoms with van der Waals surface area (Å²) in [6.45, 7) is 3.26. The molecule has 1 fully saturated rings. The standard InChI is InChI=1S/C27H30ClN7O3/c1-34(15-25(37)35-7-4-24-21(14-35)11-29-17-31-24)13-19-3-2-18(10-20(19)16-36)26-23(28)12-30-27(33-26)32-22-5-8-38-9-6-22/h2-3,10-12,16-17,22H,4-9,13-15H2,1H3,(H,30,32,33). The van der Waals surface area contributed by atoms with Crippen molar-refractivity contribution >= 4 is 29.7 Å². The van der Waals surface area contributed by atoms with Crippen LogP contribution in [0.3, 0.4) is 0 Å². The summed E-state index contributed by atoms with van der Waals surface area (Å²) in [6, 6.07) is 5.81. The molecule has 10 nitrogen and oxygen atoms in total. The molecule has 0 radical (unpaired) electrons. The number of nitrogens with one attached hydrogen (secondary N) is 1. The topological polar surface area (TPSA) is 113 Å². The lowest BCUT2D eigenvalue weighted by atomic mass is 10.0. The van der Waals surface area contributed by atoms with Crippen LogP contribution in [-0.4, -0.2) is 81.3 Å². The van der Waals surface area contributed by atoms with E-state index in [4.69, 9.17) is 16.3 Å². The fraction of sp³-hybridized carbons (Fsp3) is 0.407. The first-order valence-electron chi connectivity index (χ1n) is 12.7. The van der Waals surface area contributed by atoms with Crippen molar-refractivity contribution in [2.75, 3.05) is 38.7 Å². The third kappa shape index (κ3) is 6.15. The van der Waals surface area contributed by atoms with Gasteiger partial charge in [-0.2, -0.15) is 0 Å². The second kappa shape index (κ2) is 11.9. The van der Waals surface area contributed by atoms with Gasteiger partial charge in [-0.1, -0.05) is 23.7 Å². The molecule has 0 atom stereocenters. The molecule has 5 rings (SSSR count). The maximum absolute atomic E-state index is 12.9. The van der Waals surface area contributed by atoms with Crippen LogP contribution >= 0.6 is 11.6 Å². The Hall–Kier alpha value is -3.47. The normalized spacial score (nSPS) is 15.8. The summed E-state index contributed by atoms with van der Waals surface area (Å²) in [5.74, 6) is 0.529. The predicted molar refractivity (Wildman–Crippen MR) is 143 cm³/mol. The Bertz CT molecular complexity index is 1320. The molecule has 1 aromatic carbocycles. The van der Waals surface area contributed by atoms with E-state index in [1.54, 1.807) is 24.8 Å². The van der Waals surface area contributed by atoms with Crippen molar-refractivity contribution in [2.24, 2.45) is 0 Å². The third-order valence-electron chi connectivity index (χ3n) is 6.90. The highest BCUT2D eigenvalue weighted by molar-refractivity contribution is 6.32. The molecular weight excluding hydrogens is 506 g/mol. The van der Waals surface area contributed by atoms with Crippen LogP contribution in [0.2, 0.25) is 5.02 Å². The summed E-state index contributed by atoms with van der Waals surface area (Å²) in [7, 11) is 1.87. The van der Waals surface area contributed by atoms with E-state index in [1.165, 1.54) is 0 Å². The zero-order valence-electron chi connectivity index (χ0n) is 21.3. The van der Waals surface area contributed by atoms with Crippen molar-refractivity contribution in [3.05, 3.63) is 64.3 Å². The molecule has 0 unspecified atom stereocenters. The van der Waals surface area contributed by atoms with Crippen molar-refractivity contribution in [2.45, 2.75) is 38.4 Å². The smallest absolute Gasteiger partial charge is 0.237 e.